The molecule has 4 saturated carbocycles. The number of fused-ring (bicyclic) bond motifs is 3. The van der Waals surface area contributed by atoms with Crippen molar-refractivity contribution in [1.29, 1.82) is 0 Å². The Bertz CT molecular complexity index is 778. The van der Waals surface area contributed by atoms with E-state index >= 15 is 0 Å². The Morgan fingerprint density at radius 3 is 2.48 bits per heavy atom. The Balaban J connectivity index is 1.72. The van der Waals surface area contributed by atoms with E-state index < -0.39 is 11.4 Å². The Labute approximate surface area is 174 Å². The predicted molar refractivity (Wildman–Crippen MR) is 112 cm³/mol. The lowest BCUT2D eigenvalue weighted by atomic mass is 9.40. The van der Waals surface area contributed by atoms with Gasteiger partial charge in [0.2, 0.25) is 0 Å². The molecule has 4 rings (SSSR count). The van der Waals surface area contributed by atoms with Gasteiger partial charge in [0.25, 0.3) is 0 Å². The maximum atomic E-state index is 12.6. The highest BCUT2D eigenvalue weighted by molar-refractivity contribution is 5.83. The molecule has 0 radical (unpaired) electrons. The number of carbonyl (C=O) groups is 2. The van der Waals surface area contributed by atoms with Crippen molar-refractivity contribution in [2.45, 2.75) is 85.2 Å². The Hall–Kier alpha value is -1.58. The average Bonchev–Trinajstić information content (AvgIpc) is 2.81. The number of carboxylic acid groups (broad SMARTS) is 1. The Morgan fingerprint density at radius 1 is 1.10 bits per heavy atom. The van der Waals surface area contributed by atoms with E-state index in [1.165, 1.54) is 0 Å². The van der Waals surface area contributed by atoms with Crippen LogP contribution in [0.15, 0.2) is 23.8 Å². The summed E-state index contributed by atoms with van der Waals surface area (Å²) in [5, 5.41) is 10.1. The van der Waals surface area contributed by atoms with E-state index in [0.717, 1.165) is 62.5 Å². The van der Waals surface area contributed by atoms with Crippen molar-refractivity contribution in [3.05, 3.63) is 23.8 Å². The number of allylic oxidation sites excluding steroid dienone is 1. The third-order valence-corrected chi connectivity index (χ3v) is 9.31. The number of hydrogen-bond acceptors (Lipinski definition) is 3. The quantitative estimate of drug-likeness (QED) is 0.384. The van der Waals surface area contributed by atoms with E-state index in [4.69, 9.17) is 4.74 Å². The zero-order valence-electron chi connectivity index (χ0n) is 18.4. The van der Waals surface area contributed by atoms with Crippen LogP contribution in [0.5, 0.6) is 0 Å². The van der Waals surface area contributed by atoms with Gasteiger partial charge in [-0.2, -0.15) is 0 Å². The molecule has 0 aromatic rings. The molecule has 160 valence electrons. The molecule has 1 spiro atoms. The van der Waals surface area contributed by atoms with E-state index in [2.05, 4.69) is 13.5 Å². The number of esters is 1. The monoisotopic (exact) mass is 400 g/mol. The first-order chi connectivity index (χ1) is 13.5. The van der Waals surface area contributed by atoms with Crippen molar-refractivity contribution in [3.8, 4) is 0 Å². The fraction of sp³-hybridized carbons (Fsp3) is 0.760. The number of hydrogen-bond donors (Lipinski definition) is 1. The molecular weight excluding hydrogens is 364 g/mol. The summed E-state index contributed by atoms with van der Waals surface area (Å²) in [7, 11) is 0. The second-order valence-corrected chi connectivity index (χ2v) is 11.1. The van der Waals surface area contributed by atoms with Crippen molar-refractivity contribution in [2.75, 3.05) is 0 Å². The summed E-state index contributed by atoms with van der Waals surface area (Å²) >= 11 is 0. The number of rotatable bonds is 3. The molecule has 4 nitrogen and oxygen atoms in total. The standard InChI is InChI=1S/C25H36O4/c1-15(2)13-20(26)29-21-16(3)17-7-8-19-23(4)10-6-11-24(5,22(27)28)18(23)9-12-25(19,21)14-17/h13,17-19,21H,3,6-12,14H2,1-2,4-5H3,(H,27,28). The molecule has 4 heteroatoms. The van der Waals surface area contributed by atoms with Crippen LogP contribution in [0, 0.1) is 34.0 Å². The molecule has 29 heavy (non-hydrogen) atoms. The van der Waals surface area contributed by atoms with Crippen LogP contribution in [-0.4, -0.2) is 23.1 Å². The largest absolute Gasteiger partial charge is 0.481 e. The minimum absolute atomic E-state index is 0.0135. The van der Waals surface area contributed by atoms with Crippen LogP contribution < -0.4 is 0 Å². The van der Waals surface area contributed by atoms with Crippen molar-refractivity contribution in [1.82, 2.24) is 0 Å². The maximum absolute atomic E-state index is 12.6. The number of ether oxygens (including phenoxy) is 1. The molecule has 2 bridgehead atoms. The fourth-order valence-electron chi connectivity index (χ4n) is 8.17. The minimum atomic E-state index is -0.644. The summed E-state index contributed by atoms with van der Waals surface area (Å²) in [6, 6.07) is 0. The highest BCUT2D eigenvalue weighted by atomic mass is 16.5. The van der Waals surface area contributed by atoms with E-state index in [1.807, 2.05) is 20.8 Å². The highest BCUT2D eigenvalue weighted by Gasteiger charge is 2.68. The van der Waals surface area contributed by atoms with E-state index in [-0.39, 0.29) is 28.8 Å². The van der Waals surface area contributed by atoms with Gasteiger partial charge in [-0.15, -0.1) is 0 Å². The molecule has 4 aliphatic rings. The molecule has 1 N–H and O–H groups in total. The van der Waals surface area contributed by atoms with Gasteiger partial charge in [0.05, 0.1) is 5.41 Å². The summed E-state index contributed by atoms with van der Waals surface area (Å²) in [6.45, 7) is 12.5. The van der Waals surface area contributed by atoms with Crippen molar-refractivity contribution < 1.29 is 19.4 Å². The molecule has 0 saturated heterocycles. The lowest BCUT2D eigenvalue weighted by molar-refractivity contribution is -0.195. The lowest BCUT2D eigenvalue weighted by Gasteiger charge is -2.63. The van der Waals surface area contributed by atoms with Gasteiger partial charge in [-0.3, -0.25) is 4.79 Å². The molecule has 0 aliphatic heterocycles. The van der Waals surface area contributed by atoms with Gasteiger partial charge in [0.15, 0.2) is 0 Å². The summed E-state index contributed by atoms with van der Waals surface area (Å²) in [4.78, 5) is 24.8. The first-order valence-corrected chi connectivity index (χ1v) is 11.3. The second kappa shape index (κ2) is 6.72. The molecule has 4 aliphatic carbocycles. The van der Waals surface area contributed by atoms with E-state index in [1.54, 1.807) is 6.08 Å². The smallest absolute Gasteiger partial charge is 0.331 e. The normalized spacial score (nSPS) is 45.7. The van der Waals surface area contributed by atoms with Gasteiger partial charge < -0.3 is 9.84 Å². The predicted octanol–water partition coefficient (Wildman–Crippen LogP) is 5.53. The van der Waals surface area contributed by atoms with Gasteiger partial charge >= 0.3 is 11.9 Å². The molecule has 7 atom stereocenters. The average molecular weight is 401 g/mol. The van der Waals surface area contributed by atoms with Crippen LogP contribution in [0.1, 0.15) is 79.1 Å². The second-order valence-electron chi connectivity index (χ2n) is 11.1. The lowest BCUT2D eigenvalue weighted by Crippen LogP contribution is -2.60. The van der Waals surface area contributed by atoms with Crippen molar-refractivity contribution >= 4 is 11.9 Å². The molecular formula is C25H36O4. The van der Waals surface area contributed by atoms with Gasteiger partial charge in [-0.05, 0) is 94.5 Å². The van der Waals surface area contributed by atoms with Gasteiger partial charge in [-0.25, -0.2) is 4.79 Å². The van der Waals surface area contributed by atoms with Gasteiger partial charge in [0, 0.05) is 11.5 Å². The topological polar surface area (TPSA) is 63.6 Å². The number of aliphatic carboxylic acids is 1. The Kier molecular flexibility index (Phi) is 4.79. The molecule has 0 heterocycles. The molecule has 0 aromatic carbocycles. The van der Waals surface area contributed by atoms with Crippen LogP contribution in [0.3, 0.4) is 0 Å². The fourth-order valence-corrected chi connectivity index (χ4v) is 8.17. The number of carboxylic acids is 1. The van der Waals surface area contributed by atoms with E-state index in [0.29, 0.717) is 11.8 Å². The van der Waals surface area contributed by atoms with Crippen molar-refractivity contribution in [2.24, 2.45) is 34.0 Å². The maximum Gasteiger partial charge on any atom is 0.331 e. The summed E-state index contributed by atoms with van der Waals surface area (Å²) in [6.07, 6.45) is 9.28. The molecule has 0 aromatic heterocycles. The highest BCUT2D eigenvalue weighted by Crippen LogP contribution is 2.72. The van der Waals surface area contributed by atoms with Gasteiger partial charge in [0.1, 0.15) is 6.10 Å². The molecule has 4 fully saturated rings. The van der Waals surface area contributed by atoms with Crippen LogP contribution in [0.25, 0.3) is 0 Å². The van der Waals surface area contributed by atoms with Crippen molar-refractivity contribution in [3.63, 3.8) is 0 Å². The number of carbonyl (C=O) groups excluding carboxylic acids is 1. The summed E-state index contributed by atoms with van der Waals surface area (Å²) in [5.74, 6) is 0.123. The van der Waals surface area contributed by atoms with Crippen LogP contribution in [0.4, 0.5) is 0 Å². The molecule has 7 unspecified atom stereocenters. The zero-order valence-corrected chi connectivity index (χ0v) is 18.4. The summed E-state index contributed by atoms with van der Waals surface area (Å²) < 4.78 is 6.10. The van der Waals surface area contributed by atoms with Gasteiger partial charge in [-0.1, -0.05) is 25.5 Å². The minimum Gasteiger partial charge on any atom is -0.481 e. The van der Waals surface area contributed by atoms with E-state index in [9.17, 15) is 14.7 Å². The first-order valence-electron chi connectivity index (χ1n) is 11.3. The third kappa shape index (κ3) is 2.84. The third-order valence-electron chi connectivity index (χ3n) is 9.31. The zero-order chi connectivity index (χ0) is 21.2. The Morgan fingerprint density at radius 2 is 1.83 bits per heavy atom. The SMILES string of the molecule is C=C1C2CCC3C4(C)CCCC(C)(C(=O)O)C4CCC3(C2)C1OC(=O)C=C(C)C. The summed E-state index contributed by atoms with van der Waals surface area (Å²) in [5.41, 5.74) is 1.32. The first kappa shape index (κ1) is 20.7. The van der Waals surface area contributed by atoms with Crippen LogP contribution >= 0.6 is 0 Å². The van der Waals surface area contributed by atoms with Crippen LogP contribution in [0.2, 0.25) is 0 Å². The molecule has 0 amide bonds. The van der Waals surface area contributed by atoms with Crippen LogP contribution in [-0.2, 0) is 14.3 Å².